The van der Waals surface area contributed by atoms with Crippen LogP contribution in [0.2, 0.25) is 0 Å². The molecule has 11 nitrogen and oxygen atoms in total. The molecule has 43 heavy (non-hydrogen) atoms. The Balaban J connectivity index is 1.87. The number of hydrogen-bond donors (Lipinski definition) is 3. The van der Waals surface area contributed by atoms with Gasteiger partial charge in [0.25, 0.3) is 0 Å². The summed E-state index contributed by atoms with van der Waals surface area (Å²) >= 11 is 0. The van der Waals surface area contributed by atoms with Crippen LogP contribution in [0.15, 0.2) is 53.4 Å². The van der Waals surface area contributed by atoms with Gasteiger partial charge >= 0.3 is 6.09 Å². The Morgan fingerprint density at radius 1 is 1.07 bits per heavy atom. The standard InChI is InChI=1S/C31H41N3O8S/c1-7-11-24(33-30(37)42-31(4,5)6)29(36)32-25(16-22-12-9-8-10-13-22)26(35)19-34(18-21(2)3)43(38,39)23-14-15-27-28(17-23)41-20-40-27/h1,8-10,12-15,17,21,24-26,35H,11,16,18-20H2,2-6H3,(H,32,36)(H,33,37). The molecule has 0 saturated carbocycles. The molecule has 3 N–H and O–H groups in total. The maximum absolute atomic E-state index is 13.8. The van der Waals surface area contributed by atoms with E-state index in [0.29, 0.717) is 11.5 Å². The van der Waals surface area contributed by atoms with E-state index in [1.54, 1.807) is 20.8 Å². The second kappa shape index (κ2) is 14.6. The lowest BCUT2D eigenvalue weighted by atomic mass is 10.00. The Hall–Kier alpha value is -3.79. The van der Waals surface area contributed by atoms with Crippen molar-refractivity contribution in [2.24, 2.45) is 5.92 Å². The first-order valence-corrected chi connectivity index (χ1v) is 15.5. The molecule has 2 amide bonds. The molecule has 1 heterocycles. The minimum atomic E-state index is -4.08. The molecule has 0 bridgehead atoms. The number of alkyl carbamates (subject to hydrolysis) is 1. The van der Waals surface area contributed by atoms with Crippen LogP contribution in [0.3, 0.4) is 0 Å². The van der Waals surface area contributed by atoms with E-state index in [4.69, 9.17) is 20.6 Å². The number of aliphatic hydroxyl groups is 1. The van der Waals surface area contributed by atoms with Crippen molar-refractivity contribution in [2.45, 2.75) is 76.1 Å². The summed E-state index contributed by atoms with van der Waals surface area (Å²) in [7, 11) is -4.08. The van der Waals surface area contributed by atoms with Crippen molar-refractivity contribution in [1.82, 2.24) is 14.9 Å². The normalized spacial score (nSPS) is 15.0. The Morgan fingerprint density at radius 2 is 1.74 bits per heavy atom. The summed E-state index contributed by atoms with van der Waals surface area (Å²) in [6.07, 6.45) is 3.38. The summed E-state index contributed by atoms with van der Waals surface area (Å²) in [4.78, 5) is 25.8. The third kappa shape index (κ3) is 9.88. The summed E-state index contributed by atoms with van der Waals surface area (Å²) in [6, 6.07) is 11.4. The molecule has 12 heteroatoms. The number of nitrogens with one attached hydrogen (secondary N) is 2. The molecule has 3 atom stereocenters. The van der Waals surface area contributed by atoms with Crippen LogP contribution in [0.1, 0.15) is 46.6 Å². The number of aliphatic hydroxyl groups excluding tert-OH is 1. The summed E-state index contributed by atoms with van der Waals surface area (Å²) in [5.74, 6) is 2.43. The van der Waals surface area contributed by atoms with Crippen LogP contribution in [0.4, 0.5) is 4.79 Å². The van der Waals surface area contributed by atoms with Gasteiger partial charge in [0.15, 0.2) is 11.5 Å². The number of rotatable bonds is 13. The zero-order chi connectivity index (χ0) is 31.8. The van der Waals surface area contributed by atoms with Crippen molar-refractivity contribution in [2.75, 3.05) is 19.9 Å². The van der Waals surface area contributed by atoms with Crippen LogP contribution in [0, 0.1) is 18.3 Å². The first kappa shape index (κ1) is 33.7. The molecule has 0 spiro atoms. The Bertz CT molecular complexity index is 1400. The van der Waals surface area contributed by atoms with Crippen molar-refractivity contribution in [3.63, 3.8) is 0 Å². The van der Waals surface area contributed by atoms with Crippen LogP contribution in [-0.4, -0.2) is 73.5 Å². The van der Waals surface area contributed by atoms with Gasteiger partial charge < -0.3 is 30.0 Å². The van der Waals surface area contributed by atoms with Gasteiger partial charge in [-0.15, -0.1) is 12.3 Å². The quantitative estimate of drug-likeness (QED) is 0.292. The highest BCUT2D eigenvalue weighted by Crippen LogP contribution is 2.35. The van der Waals surface area contributed by atoms with Crippen molar-refractivity contribution in [3.8, 4) is 23.8 Å². The molecule has 0 aliphatic carbocycles. The molecule has 3 unspecified atom stereocenters. The number of sulfonamides is 1. The number of carbonyl (C=O) groups is 2. The molecule has 2 aromatic carbocycles. The number of terminal acetylenes is 1. The lowest BCUT2D eigenvalue weighted by Gasteiger charge is -2.31. The topological polar surface area (TPSA) is 143 Å². The Labute approximate surface area is 253 Å². The van der Waals surface area contributed by atoms with Gasteiger partial charge in [0.05, 0.1) is 17.0 Å². The van der Waals surface area contributed by atoms with Gasteiger partial charge in [0.2, 0.25) is 22.7 Å². The summed E-state index contributed by atoms with van der Waals surface area (Å²) in [5.41, 5.74) is 0.00545. The number of nitrogens with zero attached hydrogens (tertiary/aromatic N) is 1. The molecule has 1 aliphatic rings. The number of benzene rings is 2. The average molecular weight is 616 g/mol. The Morgan fingerprint density at radius 3 is 2.37 bits per heavy atom. The average Bonchev–Trinajstić information content (AvgIpc) is 3.39. The number of ether oxygens (including phenoxy) is 3. The third-order valence-corrected chi connectivity index (χ3v) is 8.19. The van der Waals surface area contributed by atoms with Crippen LogP contribution >= 0.6 is 0 Å². The van der Waals surface area contributed by atoms with Gasteiger partial charge in [0, 0.05) is 25.6 Å². The molecule has 0 fully saturated rings. The number of fused-ring (bicyclic) bond motifs is 1. The van der Waals surface area contributed by atoms with E-state index in [-0.39, 0.29) is 43.5 Å². The summed E-state index contributed by atoms with van der Waals surface area (Å²) < 4.78 is 44.7. The highest BCUT2D eigenvalue weighted by atomic mass is 32.2. The third-order valence-electron chi connectivity index (χ3n) is 6.36. The lowest BCUT2D eigenvalue weighted by molar-refractivity contribution is -0.124. The van der Waals surface area contributed by atoms with E-state index >= 15 is 0 Å². The fourth-order valence-electron chi connectivity index (χ4n) is 4.41. The number of carbonyl (C=O) groups excluding carboxylic acids is 2. The van der Waals surface area contributed by atoms with E-state index in [1.165, 1.54) is 22.5 Å². The Kier molecular flexibility index (Phi) is 11.4. The molecule has 234 valence electrons. The highest BCUT2D eigenvalue weighted by molar-refractivity contribution is 7.89. The van der Waals surface area contributed by atoms with Gasteiger partial charge in [-0.05, 0) is 50.8 Å². The van der Waals surface area contributed by atoms with E-state index in [0.717, 1.165) is 5.56 Å². The smallest absolute Gasteiger partial charge is 0.408 e. The van der Waals surface area contributed by atoms with Crippen molar-refractivity contribution >= 4 is 22.0 Å². The van der Waals surface area contributed by atoms with E-state index in [9.17, 15) is 23.1 Å². The zero-order valence-corrected chi connectivity index (χ0v) is 26.0. The molecule has 1 aliphatic heterocycles. The first-order chi connectivity index (χ1) is 20.2. The van der Waals surface area contributed by atoms with Crippen molar-refractivity contribution in [1.29, 1.82) is 0 Å². The molecule has 0 radical (unpaired) electrons. The van der Waals surface area contributed by atoms with Crippen molar-refractivity contribution < 1.29 is 37.3 Å². The second-order valence-electron chi connectivity index (χ2n) is 11.7. The number of amides is 2. The van der Waals surface area contributed by atoms with Gasteiger partial charge in [-0.25, -0.2) is 13.2 Å². The maximum Gasteiger partial charge on any atom is 0.408 e. The molecule has 3 rings (SSSR count). The fourth-order valence-corrected chi connectivity index (χ4v) is 6.05. The van der Waals surface area contributed by atoms with Crippen molar-refractivity contribution in [3.05, 3.63) is 54.1 Å². The zero-order valence-electron chi connectivity index (χ0n) is 25.2. The minimum absolute atomic E-state index is 0.00241. The van der Waals surface area contributed by atoms with Gasteiger partial charge in [-0.3, -0.25) is 4.79 Å². The first-order valence-electron chi connectivity index (χ1n) is 14.0. The number of hydrogen-bond acceptors (Lipinski definition) is 8. The maximum atomic E-state index is 13.8. The predicted octanol–water partition coefficient (Wildman–Crippen LogP) is 3.07. The van der Waals surface area contributed by atoms with E-state index in [1.807, 2.05) is 44.2 Å². The minimum Gasteiger partial charge on any atom is -0.454 e. The fraction of sp³-hybridized carbons (Fsp3) is 0.484. The highest BCUT2D eigenvalue weighted by Gasteiger charge is 2.34. The van der Waals surface area contributed by atoms with E-state index in [2.05, 4.69) is 16.6 Å². The van der Waals surface area contributed by atoms with Crippen LogP contribution in [0.25, 0.3) is 0 Å². The second-order valence-corrected chi connectivity index (χ2v) is 13.6. The summed E-state index contributed by atoms with van der Waals surface area (Å²) in [6.45, 7) is 8.60. The lowest BCUT2D eigenvalue weighted by Crippen LogP contribution is -2.56. The largest absolute Gasteiger partial charge is 0.454 e. The molecule has 0 saturated heterocycles. The molecular weight excluding hydrogens is 574 g/mol. The molecule has 0 aromatic heterocycles. The molecular formula is C31H41N3O8S. The van der Waals surface area contributed by atoms with Crippen LogP contribution in [0.5, 0.6) is 11.5 Å². The predicted molar refractivity (Wildman–Crippen MR) is 161 cm³/mol. The monoisotopic (exact) mass is 615 g/mol. The van der Waals surface area contributed by atoms with Gasteiger partial charge in [-0.2, -0.15) is 4.31 Å². The summed E-state index contributed by atoms with van der Waals surface area (Å²) in [5, 5.41) is 16.8. The molecule has 2 aromatic rings. The van der Waals surface area contributed by atoms with Gasteiger partial charge in [-0.1, -0.05) is 44.2 Å². The van der Waals surface area contributed by atoms with Crippen LogP contribution in [-0.2, 0) is 26.0 Å². The van der Waals surface area contributed by atoms with Gasteiger partial charge in [0.1, 0.15) is 11.6 Å². The van der Waals surface area contributed by atoms with E-state index < -0.39 is 45.8 Å². The SMILES string of the molecule is C#CCC(NC(=O)OC(C)(C)C)C(=O)NC(Cc1ccccc1)C(O)CN(CC(C)C)S(=O)(=O)c1ccc2c(c1)OCO2. The van der Waals surface area contributed by atoms with Crippen LogP contribution < -0.4 is 20.1 Å².